The molecule has 28 heavy (non-hydrogen) atoms. The molecule has 0 radical (unpaired) electrons. The summed E-state index contributed by atoms with van der Waals surface area (Å²) in [6, 6.07) is 9.97. The summed E-state index contributed by atoms with van der Waals surface area (Å²) in [5, 5.41) is 2.93. The van der Waals surface area contributed by atoms with E-state index >= 15 is 0 Å². The van der Waals surface area contributed by atoms with Gasteiger partial charge >= 0.3 is 0 Å². The fraction of sp³-hybridized carbons (Fsp3) is 0.333. The molecule has 2 aliphatic rings. The number of rotatable bonds is 4. The van der Waals surface area contributed by atoms with Crippen LogP contribution >= 0.6 is 0 Å². The smallest absolute Gasteiger partial charge is 0.231 e. The third-order valence-electron chi connectivity index (χ3n) is 5.19. The van der Waals surface area contributed by atoms with Crippen LogP contribution in [0.2, 0.25) is 0 Å². The zero-order valence-corrected chi connectivity index (χ0v) is 15.5. The summed E-state index contributed by atoms with van der Waals surface area (Å²) in [7, 11) is 0. The predicted molar refractivity (Wildman–Crippen MR) is 103 cm³/mol. The monoisotopic (exact) mass is 384 g/mol. The Morgan fingerprint density at radius 1 is 1.11 bits per heavy atom. The maximum atomic E-state index is 14.1. The zero-order valence-electron chi connectivity index (χ0n) is 15.5. The van der Waals surface area contributed by atoms with Gasteiger partial charge in [-0.25, -0.2) is 4.39 Å². The van der Waals surface area contributed by atoms with Gasteiger partial charge in [-0.2, -0.15) is 0 Å². The first-order valence-corrected chi connectivity index (χ1v) is 9.28. The van der Waals surface area contributed by atoms with Crippen LogP contribution in [0.3, 0.4) is 0 Å². The van der Waals surface area contributed by atoms with Crippen molar-refractivity contribution < 1.29 is 23.5 Å². The molecule has 0 unspecified atom stereocenters. The van der Waals surface area contributed by atoms with Crippen LogP contribution in [-0.2, 0) is 4.79 Å². The minimum absolute atomic E-state index is 0.0513. The standard InChI is InChI=1S/C21H21FN2O4/c1-13(25)20-16(22)3-2-4-17(20)24-9-7-14(8-10-24)21(26)23-15-5-6-18-19(11-15)28-12-27-18/h2-6,11,14H,7-10,12H2,1H3,(H,23,26). The van der Waals surface area contributed by atoms with Gasteiger partial charge in [0, 0.05) is 30.8 Å². The summed E-state index contributed by atoms with van der Waals surface area (Å²) in [6.07, 6.45) is 1.26. The first-order valence-electron chi connectivity index (χ1n) is 9.28. The normalized spacial score (nSPS) is 16.1. The largest absolute Gasteiger partial charge is 0.454 e. The number of nitrogens with zero attached hydrogens (tertiary/aromatic N) is 1. The molecule has 0 saturated carbocycles. The van der Waals surface area contributed by atoms with Crippen LogP contribution in [0.4, 0.5) is 15.8 Å². The number of fused-ring (bicyclic) bond motifs is 1. The van der Waals surface area contributed by atoms with Crippen LogP contribution in [-0.4, -0.2) is 31.6 Å². The summed E-state index contributed by atoms with van der Waals surface area (Å²) in [4.78, 5) is 26.4. The topological polar surface area (TPSA) is 67.9 Å². The second-order valence-corrected chi connectivity index (χ2v) is 7.01. The number of hydrogen-bond acceptors (Lipinski definition) is 5. The SMILES string of the molecule is CC(=O)c1c(F)cccc1N1CCC(C(=O)Nc2ccc3c(c2)OCO3)CC1. The highest BCUT2D eigenvalue weighted by Gasteiger charge is 2.28. The lowest BCUT2D eigenvalue weighted by Crippen LogP contribution is -2.38. The van der Waals surface area contributed by atoms with Gasteiger partial charge in [0.05, 0.1) is 11.3 Å². The highest BCUT2D eigenvalue weighted by atomic mass is 19.1. The molecule has 0 spiro atoms. The fourth-order valence-corrected chi connectivity index (χ4v) is 3.73. The van der Waals surface area contributed by atoms with Crippen LogP contribution in [0.25, 0.3) is 0 Å². The molecule has 1 N–H and O–H groups in total. The minimum Gasteiger partial charge on any atom is -0.454 e. The van der Waals surface area contributed by atoms with Gasteiger partial charge in [-0.3, -0.25) is 9.59 Å². The second-order valence-electron chi connectivity index (χ2n) is 7.01. The zero-order chi connectivity index (χ0) is 19.7. The van der Waals surface area contributed by atoms with Crippen molar-refractivity contribution in [3.8, 4) is 11.5 Å². The molecular formula is C21H21FN2O4. The first kappa shape index (κ1) is 18.3. The molecule has 4 rings (SSSR count). The summed E-state index contributed by atoms with van der Waals surface area (Å²) < 4.78 is 24.7. The molecule has 6 nitrogen and oxygen atoms in total. The maximum absolute atomic E-state index is 14.1. The van der Waals surface area contributed by atoms with Gasteiger partial charge < -0.3 is 19.7 Å². The van der Waals surface area contributed by atoms with Gasteiger partial charge in [0.2, 0.25) is 12.7 Å². The summed E-state index contributed by atoms with van der Waals surface area (Å²) in [5.74, 6) is 0.294. The van der Waals surface area contributed by atoms with E-state index in [0.717, 1.165) is 0 Å². The lowest BCUT2D eigenvalue weighted by Gasteiger charge is -2.34. The number of benzene rings is 2. The van der Waals surface area contributed by atoms with Crippen molar-refractivity contribution in [2.24, 2.45) is 5.92 Å². The Morgan fingerprint density at radius 2 is 1.86 bits per heavy atom. The van der Waals surface area contributed by atoms with Crippen LogP contribution < -0.4 is 19.7 Å². The molecule has 2 aromatic rings. The number of piperidine rings is 1. The van der Waals surface area contributed by atoms with Crippen molar-refractivity contribution in [2.75, 3.05) is 30.1 Å². The third-order valence-corrected chi connectivity index (χ3v) is 5.19. The number of carbonyl (C=O) groups is 2. The van der Waals surface area contributed by atoms with Crippen LogP contribution in [0, 0.1) is 11.7 Å². The number of halogens is 1. The number of ether oxygens (including phenoxy) is 2. The van der Waals surface area contributed by atoms with Gasteiger partial charge in [0.25, 0.3) is 0 Å². The van der Waals surface area contributed by atoms with Crippen molar-refractivity contribution in [2.45, 2.75) is 19.8 Å². The minimum atomic E-state index is -0.507. The molecule has 0 aromatic heterocycles. The summed E-state index contributed by atoms with van der Waals surface area (Å²) in [6.45, 7) is 2.73. The van der Waals surface area contributed by atoms with Gasteiger partial charge in [-0.1, -0.05) is 6.07 Å². The lowest BCUT2D eigenvalue weighted by atomic mass is 9.94. The van der Waals surface area contributed by atoms with Gasteiger partial charge in [-0.05, 0) is 44.0 Å². The average molecular weight is 384 g/mol. The fourth-order valence-electron chi connectivity index (χ4n) is 3.73. The van der Waals surface area contributed by atoms with E-state index in [1.807, 2.05) is 4.90 Å². The van der Waals surface area contributed by atoms with Crippen molar-refractivity contribution in [1.29, 1.82) is 0 Å². The molecule has 0 aliphatic carbocycles. The quantitative estimate of drug-likeness (QED) is 0.816. The number of Topliss-reactive ketones (excluding diaryl/α,β-unsaturated/α-hetero) is 1. The highest BCUT2D eigenvalue weighted by molar-refractivity contribution is 6.00. The molecule has 146 valence electrons. The van der Waals surface area contributed by atoms with E-state index in [4.69, 9.17) is 9.47 Å². The maximum Gasteiger partial charge on any atom is 0.231 e. The number of carbonyl (C=O) groups excluding carboxylic acids is 2. The van der Waals surface area contributed by atoms with E-state index in [0.29, 0.717) is 48.8 Å². The van der Waals surface area contributed by atoms with E-state index in [2.05, 4.69) is 5.32 Å². The summed E-state index contributed by atoms with van der Waals surface area (Å²) in [5.41, 5.74) is 1.38. The van der Waals surface area contributed by atoms with Crippen LogP contribution in [0.1, 0.15) is 30.1 Å². The number of nitrogens with one attached hydrogen (secondary N) is 1. The predicted octanol–water partition coefficient (Wildman–Crippen LogP) is 3.61. The van der Waals surface area contributed by atoms with Gasteiger partial charge in [0.1, 0.15) is 5.82 Å². The molecule has 1 amide bonds. The molecule has 2 aliphatic heterocycles. The molecule has 2 heterocycles. The Kier molecular flexibility index (Phi) is 4.90. The van der Waals surface area contributed by atoms with Crippen LogP contribution in [0.15, 0.2) is 36.4 Å². The Bertz CT molecular complexity index is 923. The van der Waals surface area contributed by atoms with Crippen molar-refractivity contribution in [3.63, 3.8) is 0 Å². The van der Waals surface area contributed by atoms with Crippen molar-refractivity contribution >= 4 is 23.1 Å². The molecule has 0 bridgehead atoms. The molecule has 1 fully saturated rings. The van der Waals surface area contributed by atoms with Crippen molar-refractivity contribution in [3.05, 3.63) is 47.8 Å². The third kappa shape index (κ3) is 3.52. The number of anilines is 2. The Labute approximate surface area is 162 Å². The van der Waals surface area contributed by atoms with E-state index in [9.17, 15) is 14.0 Å². The number of hydrogen-bond donors (Lipinski definition) is 1. The molecule has 7 heteroatoms. The van der Waals surface area contributed by atoms with E-state index in [-0.39, 0.29) is 30.0 Å². The van der Waals surface area contributed by atoms with Crippen LogP contribution in [0.5, 0.6) is 11.5 Å². The Balaban J connectivity index is 1.40. The molecular weight excluding hydrogens is 363 g/mol. The lowest BCUT2D eigenvalue weighted by molar-refractivity contribution is -0.120. The van der Waals surface area contributed by atoms with E-state index < -0.39 is 5.82 Å². The average Bonchev–Trinajstić information content (AvgIpc) is 3.15. The second kappa shape index (κ2) is 7.50. The number of ketones is 1. The van der Waals surface area contributed by atoms with E-state index in [1.165, 1.54) is 13.0 Å². The van der Waals surface area contributed by atoms with Gasteiger partial charge in [-0.15, -0.1) is 0 Å². The van der Waals surface area contributed by atoms with Gasteiger partial charge in [0.15, 0.2) is 17.3 Å². The highest BCUT2D eigenvalue weighted by Crippen LogP contribution is 2.35. The molecule has 2 aromatic carbocycles. The Morgan fingerprint density at radius 3 is 2.61 bits per heavy atom. The Hall–Kier alpha value is -3.09. The first-order chi connectivity index (χ1) is 13.5. The molecule has 0 atom stereocenters. The molecule has 1 saturated heterocycles. The van der Waals surface area contributed by atoms with Crippen molar-refractivity contribution in [1.82, 2.24) is 0 Å². The van der Waals surface area contributed by atoms with E-state index in [1.54, 1.807) is 30.3 Å². The summed E-state index contributed by atoms with van der Waals surface area (Å²) >= 11 is 0. The number of amides is 1.